The number of morpholine rings is 1. The second kappa shape index (κ2) is 12.3. The van der Waals surface area contributed by atoms with Crippen LogP contribution in [-0.2, 0) is 4.74 Å². The Morgan fingerprint density at radius 1 is 0.911 bits per heavy atom. The molecule has 0 radical (unpaired) electrons. The second-order valence-corrected chi connectivity index (χ2v) is 11.0. The monoisotopic (exact) mass is 609 g/mol. The summed E-state index contributed by atoms with van der Waals surface area (Å²) in [5, 5.41) is 10.3. The molecule has 3 heterocycles. The van der Waals surface area contributed by atoms with Crippen molar-refractivity contribution in [2.45, 2.75) is 13.8 Å². The molecule has 230 valence electrons. The molecule has 0 aliphatic carbocycles. The van der Waals surface area contributed by atoms with Gasteiger partial charge in [0.15, 0.2) is 5.82 Å². The van der Waals surface area contributed by atoms with E-state index in [-0.39, 0.29) is 23.0 Å². The van der Waals surface area contributed by atoms with Crippen LogP contribution in [0.25, 0.3) is 33.4 Å². The van der Waals surface area contributed by atoms with Crippen LogP contribution in [0.4, 0.5) is 26.4 Å². The summed E-state index contributed by atoms with van der Waals surface area (Å²) in [7, 11) is 3.33. The minimum atomic E-state index is -0.589. The maximum Gasteiger partial charge on any atom is 0.323 e. The maximum atomic E-state index is 15.6. The zero-order valence-corrected chi connectivity index (χ0v) is 25.3. The standard InChI is InChI=1S/C33H32FN7O4/c1-19-29(20(2)45-39-19)22-7-11-26-28(17-22)37-30(38-31(26)41-13-15-44-16-14-41)25-12-10-24(18-27(25)34)36-33(43)35-23-8-5-21(6-9-23)32(42)40(3)4/h5-12,17-18H,13-16H2,1-4H3,(H2,35,36,43). The van der Waals surface area contributed by atoms with Crippen LogP contribution in [0.2, 0.25) is 0 Å². The topological polar surface area (TPSA) is 126 Å². The Morgan fingerprint density at radius 3 is 2.29 bits per heavy atom. The van der Waals surface area contributed by atoms with Gasteiger partial charge in [-0.25, -0.2) is 19.2 Å². The number of aryl methyl sites for hydroxylation is 2. The number of fused-ring (bicyclic) bond motifs is 1. The van der Waals surface area contributed by atoms with Crippen LogP contribution in [0.3, 0.4) is 0 Å². The van der Waals surface area contributed by atoms with Crippen molar-refractivity contribution in [3.8, 4) is 22.5 Å². The number of amides is 3. The molecule has 6 rings (SSSR count). The molecule has 3 amide bonds. The smallest absolute Gasteiger partial charge is 0.323 e. The minimum Gasteiger partial charge on any atom is -0.378 e. The first-order chi connectivity index (χ1) is 21.7. The fraction of sp³-hybridized carbons (Fsp3) is 0.242. The van der Waals surface area contributed by atoms with Gasteiger partial charge >= 0.3 is 6.03 Å². The van der Waals surface area contributed by atoms with Crippen molar-refractivity contribution in [1.82, 2.24) is 20.0 Å². The summed E-state index contributed by atoms with van der Waals surface area (Å²) in [6.07, 6.45) is 0. The molecule has 45 heavy (non-hydrogen) atoms. The molecule has 1 fully saturated rings. The normalized spacial score (nSPS) is 13.1. The van der Waals surface area contributed by atoms with Crippen molar-refractivity contribution in [3.63, 3.8) is 0 Å². The van der Waals surface area contributed by atoms with Crippen LogP contribution in [0.1, 0.15) is 21.8 Å². The van der Waals surface area contributed by atoms with E-state index in [2.05, 4.69) is 20.7 Å². The molecule has 0 unspecified atom stereocenters. The minimum absolute atomic E-state index is 0.144. The Morgan fingerprint density at radius 2 is 1.62 bits per heavy atom. The number of rotatable bonds is 6. The van der Waals surface area contributed by atoms with E-state index in [0.29, 0.717) is 54.6 Å². The molecule has 1 saturated heterocycles. The maximum absolute atomic E-state index is 15.6. The molecular formula is C33H32FN7O4. The van der Waals surface area contributed by atoms with Gasteiger partial charge < -0.3 is 29.7 Å². The third-order valence-electron chi connectivity index (χ3n) is 7.57. The van der Waals surface area contributed by atoms with Gasteiger partial charge in [-0.3, -0.25) is 4.79 Å². The van der Waals surface area contributed by atoms with E-state index in [1.807, 2.05) is 32.0 Å². The summed E-state index contributed by atoms with van der Waals surface area (Å²) in [4.78, 5) is 37.9. The van der Waals surface area contributed by atoms with Gasteiger partial charge in [0, 0.05) is 55.1 Å². The highest BCUT2D eigenvalue weighted by molar-refractivity contribution is 6.01. The summed E-state index contributed by atoms with van der Waals surface area (Å²) >= 11 is 0. The lowest BCUT2D eigenvalue weighted by atomic mass is 10.0. The Balaban J connectivity index is 1.28. The highest BCUT2D eigenvalue weighted by atomic mass is 19.1. The number of carbonyl (C=O) groups is 2. The Labute approximate surface area is 259 Å². The number of carbonyl (C=O) groups excluding carboxylic acids is 2. The number of benzene rings is 3. The first-order valence-electron chi connectivity index (χ1n) is 14.5. The number of nitrogens with zero attached hydrogens (tertiary/aromatic N) is 5. The van der Waals surface area contributed by atoms with Crippen LogP contribution < -0.4 is 15.5 Å². The SMILES string of the molecule is Cc1noc(C)c1-c1ccc2c(N3CCOCC3)nc(-c3ccc(NC(=O)Nc4ccc(C(=O)N(C)C)cc4)cc3F)nc2c1. The van der Waals surface area contributed by atoms with Crippen LogP contribution in [0, 0.1) is 19.7 Å². The van der Waals surface area contributed by atoms with Crippen LogP contribution in [0.5, 0.6) is 0 Å². The van der Waals surface area contributed by atoms with Gasteiger partial charge in [-0.15, -0.1) is 0 Å². The largest absolute Gasteiger partial charge is 0.378 e. The predicted octanol–water partition coefficient (Wildman–Crippen LogP) is 5.89. The molecule has 0 bridgehead atoms. The molecule has 1 aliphatic heterocycles. The zero-order chi connectivity index (χ0) is 31.7. The van der Waals surface area contributed by atoms with E-state index >= 15 is 4.39 Å². The van der Waals surface area contributed by atoms with E-state index in [0.717, 1.165) is 22.2 Å². The van der Waals surface area contributed by atoms with E-state index < -0.39 is 11.8 Å². The van der Waals surface area contributed by atoms with Crippen molar-refractivity contribution in [3.05, 3.63) is 83.5 Å². The summed E-state index contributed by atoms with van der Waals surface area (Å²) in [5.74, 6) is 0.885. The molecule has 11 nitrogen and oxygen atoms in total. The molecule has 5 aromatic rings. The summed E-state index contributed by atoms with van der Waals surface area (Å²) < 4.78 is 26.6. The Bertz CT molecular complexity index is 1880. The Hall–Kier alpha value is -5.36. The van der Waals surface area contributed by atoms with E-state index in [1.54, 1.807) is 50.5 Å². The van der Waals surface area contributed by atoms with Crippen LogP contribution in [-0.4, -0.2) is 72.4 Å². The first-order valence-corrected chi connectivity index (χ1v) is 14.5. The molecule has 2 N–H and O–H groups in total. The molecular weight excluding hydrogens is 577 g/mol. The molecule has 3 aromatic carbocycles. The van der Waals surface area contributed by atoms with E-state index in [9.17, 15) is 9.59 Å². The van der Waals surface area contributed by atoms with Crippen molar-refractivity contribution >= 4 is 40.0 Å². The zero-order valence-electron chi connectivity index (χ0n) is 25.3. The number of urea groups is 1. The lowest BCUT2D eigenvalue weighted by molar-refractivity contribution is 0.0827. The molecule has 2 aromatic heterocycles. The molecule has 12 heteroatoms. The predicted molar refractivity (Wildman–Crippen MR) is 170 cm³/mol. The number of hydrogen-bond donors (Lipinski definition) is 2. The van der Waals surface area contributed by atoms with Gasteiger partial charge in [0.1, 0.15) is 17.4 Å². The number of ether oxygens (including phenoxy) is 1. The van der Waals surface area contributed by atoms with Gasteiger partial charge in [-0.05, 0) is 74.0 Å². The number of nitrogens with one attached hydrogen (secondary N) is 2. The molecule has 1 aliphatic rings. The third-order valence-corrected chi connectivity index (χ3v) is 7.57. The summed E-state index contributed by atoms with van der Waals surface area (Å²) in [5.41, 5.74) is 4.63. The van der Waals surface area contributed by atoms with Crippen LogP contribution >= 0.6 is 0 Å². The number of hydrogen-bond acceptors (Lipinski definition) is 8. The molecule has 0 spiro atoms. The van der Waals surface area contributed by atoms with Crippen molar-refractivity contribution in [2.75, 3.05) is 55.9 Å². The van der Waals surface area contributed by atoms with E-state index in [4.69, 9.17) is 19.2 Å². The number of aromatic nitrogens is 3. The number of anilines is 3. The van der Waals surface area contributed by atoms with Gasteiger partial charge in [-0.1, -0.05) is 11.2 Å². The van der Waals surface area contributed by atoms with Gasteiger partial charge in [0.2, 0.25) is 0 Å². The van der Waals surface area contributed by atoms with Gasteiger partial charge in [-0.2, -0.15) is 0 Å². The summed E-state index contributed by atoms with van der Waals surface area (Å²) in [6, 6.07) is 16.2. The van der Waals surface area contributed by atoms with Crippen molar-refractivity contribution in [2.24, 2.45) is 0 Å². The highest BCUT2D eigenvalue weighted by Crippen LogP contribution is 2.34. The Kier molecular flexibility index (Phi) is 8.14. The highest BCUT2D eigenvalue weighted by Gasteiger charge is 2.21. The van der Waals surface area contributed by atoms with Gasteiger partial charge in [0.25, 0.3) is 5.91 Å². The lowest BCUT2D eigenvalue weighted by Crippen LogP contribution is -2.37. The number of halogens is 1. The first kappa shape index (κ1) is 29.7. The van der Waals surface area contributed by atoms with Crippen LogP contribution in [0.15, 0.2) is 65.2 Å². The molecule has 0 atom stereocenters. The average molecular weight is 610 g/mol. The molecule has 0 saturated carbocycles. The van der Waals surface area contributed by atoms with Gasteiger partial charge in [0.05, 0.1) is 30.0 Å². The fourth-order valence-electron chi connectivity index (χ4n) is 5.32. The quantitative estimate of drug-likeness (QED) is 0.244. The fourth-order valence-corrected chi connectivity index (χ4v) is 5.32. The van der Waals surface area contributed by atoms with E-state index in [1.165, 1.54) is 11.0 Å². The lowest BCUT2D eigenvalue weighted by Gasteiger charge is -2.29. The average Bonchev–Trinajstić information content (AvgIpc) is 3.37. The third kappa shape index (κ3) is 6.18. The van der Waals surface area contributed by atoms with Crippen molar-refractivity contribution < 1.29 is 23.2 Å². The van der Waals surface area contributed by atoms with Crippen molar-refractivity contribution in [1.29, 1.82) is 0 Å². The second-order valence-electron chi connectivity index (χ2n) is 11.0. The summed E-state index contributed by atoms with van der Waals surface area (Å²) in [6.45, 7) is 6.16.